The molecule has 0 aliphatic carbocycles. The Balaban J connectivity index is 2.35. The van der Waals surface area contributed by atoms with E-state index in [-0.39, 0.29) is 5.60 Å². The average Bonchev–Trinajstić information content (AvgIpc) is 2.16. The van der Waals surface area contributed by atoms with E-state index in [0.717, 1.165) is 11.1 Å². The van der Waals surface area contributed by atoms with Gasteiger partial charge < -0.3 is 9.84 Å². The predicted molar refractivity (Wildman–Crippen MR) is 64.3 cm³/mol. The van der Waals surface area contributed by atoms with Gasteiger partial charge in [0.25, 0.3) is 0 Å². The first kappa shape index (κ1) is 11.6. The molecule has 2 heteroatoms. The molecule has 1 saturated heterocycles. The van der Waals surface area contributed by atoms with Crippen molar-refractivity contribution in [3.63, 3.8) is 0 Å². The number of hydrogen-bond donors (Lipinski definition) is 1. The van der Waals surface area contributed by atoms with Crippen LogP contribution in [0.4, 0.5) is 0 Å². The number of ether oxygens (including phenoxy) is 1. The van der Waals surface area contributed by atoms with Gasteiger partial charge in [-0.2, -0.15) is 0 Å². The molecule has 0 saturated carbocycles. The molecule has 0 amide bonds. The molecule has 88 valence electrons. The third-order valence-electron chi connectivity index (χ3n) is 3.37. The maximum atomic E-state index is 10.8. The van der Waals surface area contributed by atoms with E-state index in [1.807, 2.05) is 32.0 Å². The smallest absolute Gasteiger partial charge is 0.0948 e. The summed E-state index contributed by atoms with van der Waals surface area (Å²) in [6.07, 6.45) is 1.34. The molecule has 0 radical (unpaired) electrons. The Morgan fingerprint density at radius 3 is 2.56 bits per heavy atom. The van der Waals surface area contributed by atoms with Crippen LogP contribution in [0.5, 0.6) is 0 Å². The lowest BCUT2D eigenvalue weighted by atomic mass is 9.78. The monoisotopic (exact) mass is 220 g/mol. The first-order valence-electron chi connectivity index (χ1n) is 5.85. The molecule has 2 rings (SSSR count). The normalized spacial score (nSPS) is 29.0. The van der Waals surface area contributed by atoms with Crippen molar-refractivity contribution < 1.29 is 9.84 Å². The average molecular weight is 220 g/mol. The zero-order chi connectivity index (χ0) is 11.8. The minimum Gasteiger partial charge on any atom is -0.385 e. The fourth-order valence-corrected chi connectivity index (χ4v) is 2.66. The van der Waals surface area contributed by atoms with Gasteiger partial charge in [-0.1, -0.05) is 24.3 Å². The first-order valence-corrected chi connectivity index (χ1v) is 5.85. The molecule has 0 bridgehead atoms. The molecule has 1 aromatic rings. The fourth-order valence-electron chi connectivity index (χ4n) is 2.66. The van der Waals surface area contributed by atoms with Gasteiger partial charge in [0.2, 0.25) is 0 Å². The summed E-state index contributed by atoms with van der Waals surface area (Å²) in [5.74, 6) is 0. The SMILES string of the molecule is Cc1ccccc1C1(O)CCOC(C)(C)C1. The van der Waals surface area contributed by atoms with Crippen molar-refractivity contribution in [3.05, 3.63) is 35.4 Å². The van der Waals surface area contributed by atoms with Gasteiger partial charge in [-0.05, 0) is 31.9 Å². The highest BCUT2D eigenvalue weighted by atomic mass is 16.5. The topological polar surface area (TPSA) is 29.5 Å². The molecule has 16 heavy (non-hydrogen) atoms. The second kappa shape index (κ2) is 3.86. The van der Waals surface area contributed by atoms with E-state index >= 15 is 0 Å². The minimum atomic E-state index is -0.729. The van der Waals surface area contributed by atoms with Crippen LogP contribution in [0.2, 0.25) is 0 Å². The lowest BCUT2D eigenvalue weighted by Gasteiger charge is -2.42. The number of benzene rings is 1. The summed E-state index contributed by atoms with van der Waals surface area (Å²) in [5.41, 5.74) is 1.23. The lowest BCUT2D eigenvalue weighted by Crippen LogP contribution is -2.44. The van der Waals surface area contributed by atoms with Gasteiger partial charge in [0.15, 0.2) is 0 Å². The van der Waals surface area contributed by atoms with Crippen molar-refractivity contribution in [2.24, 2.45) is 0 Å². The van der Waals surface area contributed by atoms with Crippen molar-refractivity contribution >= 4 is 0 Å². The van der Waals surface area contributed by atoms with Gasteiger partial charge in [0, 0.05) is 12.8 Å². The quantitative estimate of drug-likeness (QED) is 0.788. The molecule has 1 heterocycles. The molecular weight excluding hydrogens is 200 g/mol. The molecule has 1 N–H and O–H groups in total. The Labute approximate surface area is 97.3 Å². The Morgan fingerprint density at radius 1 is 1.25 bits per heavy atom. The van der Waals surface area contributed by atoms with Gasteiger partial charge in [0.1, 0.15) is 0 Å². The van der Waals surface area contributed by atoms with Gasteiger partial charge >= 0.3 is 0 Å². The minimum absolute atomic E-state index is 0.241. The van der Waals surface area contributed by atoms with E-state index in [4.69, 9.17) is 4.74 Å². The van der Waals surface area contributed by atoms with E-state index in [1.165, 1.54) is 0 Å². The Hall–Kier alpha value is -0.860. The predicted octanol–water partition coefficient (Wildman–Crippen LogP) is 2.77. The number of aryl methyl sites for hydroxylation is 1. The summed E-state index contributed by atoms with van der Waals surface area (Å²) in [4.78, 5) is 0. The molecule has 1 fully saturated rings. The first-order chi connectivity index (χ1) is 7.43. The van der Waals surface area contributed by atoms with Crippen LogP contribution >= 0.6 is 0 Å². The Morgan fingerprint density at radius 2 is 1.94 bits per heavy atom. The van der Waals surface area contributed by atoms with E-state index in [1.54, 1.807) is 0 Å². The molecule has 1 unspecified atom stereocenters. The largest absolute Gasteiger partial charge is 0.385 e. The zero-order valence-electron chi connectivity index (χ0n) is 10.3. The van der Waals surface area contributed by atoms with Crippen LogP contribution in [0, 0.1) is 6.92 Å². The van der Waals surface area contributed by atoms with Crippen molar-refractivity contribution in [2.75, 3.05) is 6.61 Å². The lowest BCUT2D eigenvalue weighted by molar-refractivity contribution is -0.148. The van der Waals surface area contributed by atoms with Gasteiger partial charge in [-0.3, -0.25) is 0 Å². The van der Waals surface area contributed by atoms with Crippen LogP contribution in [0.3, 0.4) is 0 Å². The van der Waals surface area contributed by atoms with E-state index < -0.39 is 5.60 Å². The van der Waals surface area contributed by atoms with Crippen molar-refractivity contribution in [2.45, 2.75) is 44.8 Å². The number of hydrogen-bond acceptors (Lipinski definition) is 2. The second-order valence-electron chi connectivity index (χ2n) is 5.38. The number of aliphatic hydroxyl groups is 1. The van der Waals surface area contributed by atoms with Crippen LogP contribution in [0.1, 0.15) is 37.8 Å². The molecule has 1 aliphatic heterocycles. The van der Waals surface area contributed by atoms with E-state index in [0.29, 0.717) is 19.4 Å². The highest BCUT2D eigenvalue weighted by molar-refractivity contribution is 5.32. The summed E-state index contributed by atoms with van der Waals surface area (Å²) in [6.45, 7) is 6.75. The standard InChI is InChI=1S/C14H20O2/c1-11-6-4-5-7-12(11)14(15)8-9-16-13(2,3)10-14/h4-7,15H,8-10H2,1-3H3. The zero-order valence-corrected chi connectivity index (χ0v) is 10.3. The molecule has 0 spiro atoms. The van der Waals surface area contributed by atoms with Crippen LogP contribution in [0.25, 0.3) is 0 Å². The molecule has 1 atom stereocenters. The Kier molecular flexibility index (Phi) is 2.81. The van der Waals surface area contributed by atoms with Gasteiger partial charge in [-0.25, -0.2) is 0 Å². The molecule has 2 nitrogen and oxygen atoms in total. The van der Waals surface area contributed by atoms with Gasteiger partial charge in [-0.15, -0.1) is 0 Å². The van der Waals surface area contributed by atoms with E-state index in [9.17, 15) is 5.11 Å². The maximum absolute atomic E-state index is 10.8. The van der Waals surface area contributed by atoms with Crippen molar-refractivity contribution in [3.8, 4) is 0 Å². The van der Waals surface area contributed by atoms with Gasteiger partial charge in [0.05, 0.1) is 17.8 Å². The summed E-state index contributed by atoms with van der Waals surface area (Å²) in [6, 6.07) is 8.07. The van der Waals surface area contributed by atoms with E-state index in [2.05, 4.69) is 13.0 Å². The van der Waals surface area contributed by atoms with Crippen molar-refractivity contribution in [1.29, 1.82) is 0 Å². The Bertz CT molecular complexity index is 384. The highest BCUT2D eigenvalue weighted by Gasteiger charge is 2.41. The fraction of sp³-hybridized carbons (Fsp3) is 0.571. The van der Waals surface area contributed by atoms with Crippen LogP contribution in [0.15, 0.2) is 24.3 Å². The molecule has 1 aliphatic rings. The van der Waals surface area contributed by atoms with Crippen LogP contribution in [-0.2, 0) is 10.3 Å². The van der Waals surface area contributed by atoms with Crippen LogP contribution < -0.4 is 0 Å². The van der Waals surface area contributed by atoms with Crippen molar-refractivity contribution in [1.82, 2.24) is 0 Å². The third kappa shape index (κ3) is 2.13. The second-order valence-corrected chi connectivity index (χ2v) is 5.38. The van der Waals surface area contributed by atoms with Crippen LogP contribution in [-0.4, -0.2) is 17.3 Å². The number of rotatable bonds is 1. The summed E-state index contributed by atoms with van der Waals surface area (Å²) < 4.78 is 5.66. The third-order valence-corrected chi connectivity index (χ3v) is 3.37. The summed E-state index contributed by atoms with van der Waals surface area (Å²) in [7, 11) is 0. The maximum Gasteiger partial charge on any atom is 0.0948 e. The molecule has 1 aromatic carbocycles. The molecule has 0 aromatic heterocycles. The summed E-state index contributed by atoms with van der Waals surface area (Å²) in [5, 5.41) is 10.8. The molecular formula is C14H20O2. The summed E-state index contributed by atoms with van der Waals surface area (Å²) >= 11 is 0. The highest BCUT2D eigenvalue weighted by Crippen LogP contribution is 2.40.